The fraction of sp³-hybridized carbons (Fsp3) is 0.263. The van der Waals surface area contributed by atoms with Crippen molar-refractivity contribution in [1.29, 1.82) is 0 Å². The molecule has 3 rings (SSSR count). The Hall–Kier alpha value is -2.34. The van der Waals surface area contributed by atoms with Crippen LogP contribution in [0.2, 0.25) is 0 Å². The van der Waals surface area contributed by atoms with Gasteiger partial charge >= 0.3 is 0 Å². The monoisotopic (exact) mass is 402 g/mol. The van der Waals surface area contributed by atoms with Crippen LogP contribution in [0.25, 0.3) is 0 Å². The molecule has 1 heterocycles. The van der Waals surface area contributed by atoms with E-state index < -0.39 is 6.04 Å². The number of methoxy groups -OCH3 is 1. The zero-order valence-corrected chi connectivity index (χ0v) is 15.7. The van der Waals surface area contributed by atoms with E-state index in [9.17, 15) is 9.59 Å². The van der Waals surface area contributed by atoms with Crippen molar-refractivity contribution in [3.8, 4) is 5.75 Å². The summed E-state index contributed by atoms with van der Waals surface area (Å²) in [6, 6.07) is 14.0. The smallest absolute Gasteiger partial charge is 0.254 e. The van der Waals surface area contributed by atoms with Crippen LogP contribution in [-0.2, 0) is 4.79 Å². The molecule has 6 heteroatoms. The lowest BCUT2D eigenvalue weighted by Crippen LogP contribution is -2.57. The molecule has 0 aliphatic carbocycles. The third-order valence-electron chi connectivity index (χ3n) is 4.39. The minimum absolute atomic E-state index is 0.0816. The Morgan fingerprint density at radius 1 is 1.08 bits per heavy atom. The molecule has 1 fully saturated rings. The molecule has 1 aliphatic rings. The Balaban J connectivity index is 1.76. The minimum atomic E-state index is -0.507. The summed E-state index contributed by atoms with van der Waals surface area (Å²) in [6.07, 6.45) is 0. The van der Waals surface area contributed by atoms with Crippen molar-refractivity contribution in [2.45, 2.75) is 13.0 Å². The van der Waals surface area contributed by atoms with Crippen LogP contribution in [-0.4, -0.2) is 43.0 Å². The maximum Gasteiger partial charge on any atom is 0.254 e. The van der Waals surface area contributed by atoms with Crippen molar-refractivity contribution < 1.29 is 14.3 Å². The average molecular weight is 403 g/mol. The summed E-state index contributed by atoms with van der Waals surface area (Å²) in [4.78, 5) is 28.8. The minimum Gasteiger partial charge on any atom is -0.497 e. The van der Waals surface area contributed by atoms with Crippen LogP contribution in [0.3, 0.4) is 0 Å². The fourth-order valence-electron chi connectivity index (χ4n) is 2.92. The highest BCUT2D eigenvalue weighted by Crippen LogP contribution is 2.24. The molecule has 1 aliphatic heterocycles. The van der Waals surface area contributed by atoms with Crippen LogP contribution in [0.1, 0.15) is 17.3 Å². The van der Waals surface area contributed by atoms with Gasteiger partial charge in [-0.15, -0.1) is 0 Å². The highest BCUT2D eigenvalue weighted by atomic mass is 79.9. The van der Waals surface area contributed by atoms with Gasteiger partial charge in [0.25, 0.3) is 5.91 Å². The Morgan fingerprint density at radius 3 is 2.32 bits per heavy atom. The number of benzene rings is 2. The number of rotatable bonds is 3. The molecule has 1 atom stereocenters. The van der Waals surface area contributed by atoms with E-state index in [1.165, 1.54) is 0 Å². The number of carbonyl (C=O) groups is 2. The molecule has 0 radical (unpaired) electrons. The van der Waals surface area contributed by atoms with Crippen molar-refractivity contribution in [2.75, 3.05) is 25.1 Å². The van der Waals surface area contributed by atoms with E-state index in [2.05, 4.69) is 15.9 Å². The second-order valence-electron chi connectivity index (χ2n) is 5.87. The summed E-state index contributed by atoms with van der Waals surface area (Å²) >= 11 is 3.36. The maximum absolute atomic E-state index is 12.8. The predicted octanol–water partition coefficient (Wildman–Crippen LogP) is 3.34. The molecule has 130 valence electrons. The standard InChI is InChI=1S/C19H19BrN2O3/c1-13-18(23)22(16-7-9-17(25-2)10-8-16)12-11-21(13)19(24)14-3-5-15(20)6-4-14/h3-10,13H,11-12H2,1-2H3/t13-/m1/s1. The van der Waals surface area contributed by atoms with Crippen molar-refractivity contribution in [3.63, 3.8) is 0 Å². The Bertz CT molecular complexity index is 774. The summed E-state index contributed by atoms with van der Waals surface area (Å²) in [7, 11) is 1.61. The summed E-state index contributed by atoms with van der Waals surface area (Å²) in [5.74, 6) is 0.540. The van der Waals surface area contributed by atoms with Gasteiger partial charge in [0.15, 0.2) is 0 Å². The summed E-state index contributed by atoms with van der Waals surface area (Å²) in [6.45, 7) is 2.74. The normalized spacial score (nSPS) is 17.6. The van der Waals surface area contributed by atoms with Gasteiger partial charge in [-0.05, 0) is 55.5 Å². The fourth-order valence-corrected chi connectivity index (χ4v) is 3.19. The van der Waals surface area contributed by atoms with Gasteiger partial charge in [0.2, 0.25) is 5.91 Å². The molecule has 0 spiro atoms. The Morgan fingerprint density at radius 2 is 1.72 bits per heavy atom. The molecule has 2 aromatic rings. The second kappa shape index (κ2) is 7.27. The maximum atomic E-state index is 12.8. The van der Waals surface area contributed by atoms with Gasteiger partial charge in [-0.25, -0.2) is 0 Å². The van der Waals surface area contributed by atoms with Crippen molar-refractivity contribution in [2.24, 2.45) is 0 Å². The van der Waals surface area contributed by atoms with Crippen LogP contribution in [0.5, 0.6) is 5.75 Å². The molecule has 2 aromatic carbocycles. The number of amides is 2. The van der Waals surface area contributed by atoms with Gasteiger partial charge in [-0.1, -0.05) is 15.9 Å². The molecule has 2 amide bonds. The molecule has 0 bridgehead atoms. The van der Waals surface area contributed by atoms with E-state index in [0.29, 0.717) is 18.7 Å². The van der Waals surface area contributed by atoms with Crippen molar-refractivity contribution in [1.82, 2.24) is 4.90 Å². The number of anilines is 1. The highest BCUT2D eigenvalue weighted by Gasteiger charge is 2.35. The number of piperazine rings is 1. The molecule has 0 aromatic heterocycles. The lowest BCUT2D eigenvalue weighted by Gasteiger charge is -2.39. The number of hydrogen-bond donors (Lipinski definition) is 0. The summed E-state index contributed by atoms with van der Waals surface area (Å²) < 4.78 is 6.07. The molecule has 0 saturated carbocycles. The van der Waals surface area contributed by atoms with E-state index in [-0.39, 0.29) is 11.8 Å². The first-order valence-corrected chi connectivity index (χ1v) is 8.82. The van der Waals surface area contributed by atoms with Gasteiger partial charge in [-0.3, -0.25) is 9.59 Å². The third kappa shape index (κ3) is 3.54. The Labute approximate surface area is 155 Å². The van der Waals surface area contributed by atoms with Crippen molar-refractivity contribution >= 4 is 33.4 Å². The zero-order valence-electron chi connectivity index (χ0n) is 14.1. The van der Waals surface area contributed by atoms with Gasteiger partial charge in [0.05, 0.1) is 7.11 Å². The quantitative estimate of drug-likeness (QED) is 0.790. The molecule has 5 nitrogen and oxygen atoms in total. The second-order valence-corrected chi connectivity index (χ2v) is 6.78. The molecular weight excluding hydrogens is 384 g/mol. The molecule has 0 unspecified atom stereocenters. The van der Waals surface area contributed by atoms with E-state index in [1.54, 1.807) is 36.0 Å². The van der Waals surface area contributed by atoms with E-state index >= 15 is 0 Å². The van der Waals surface area contributed by atoms with Crippen LogP contribution in [0, 0.1) is 0 Å². The first-order chi connectivity index (χ1) is 12.0. The molecular formula is C19H19BrN2O3. The van der Waals surface area contributed by atoms with Crippen LogP contribution in [0.15, 0.2) is 53.0 Å². The van der Waals surface area contributed by atoms with Crippen LogP contribution in [0.4, 0.5) is 5.69 Å². The van der Waals surface area contributed by atoms with E-state index in [4.69, 9.17) is 4.74 Å². The van der Waals surface area contributed by atoms with Gasteiger partial charge < -0.3 is 14.5 Å². The van der Waals surface area contributed by atoms with E-state index in [0.717, 1.165) is 15.9 Å². The van der Waals surface area contributed by atoms with Crippen LogP contribution < -0.4 is 9.64 Å². The molecule has 25 heavy (non-hydrogen) atoms. The predicted molar refractivity (Wildman–Crippen MR) is 100.0 cm³/mol. The average Bonchev–Trinajstić information content (AvgIpc) is 2.64. The molecule has 1 saturated heterocycles. The van der Waals surface area contributed by atoms with Gasteiger partial charge in [0.1, 0.15) is 11.8 Å². The number of halogens is 1. The van der Waals surface area contributed by atoms with E-state index in [1.807, 2.05) is 36.4 Å². The van der Waals surface area contributed by atoms with Gasteiger partial charge in [0, 0.05) is 28.8 Å². The largest absolute Gasteiger partial charge is 0.497 e. The lowest BCUT2D eigenvalue weighted by molar-refractivity contribution is -0.124. The third-order valence-corrected chi connectivity index (χ3v) is 4.92. The van der Waals surface area contributed by atoms with Crippen molar-refractivity contribution in [3.05, 3.63) is 58.6 Å². The topological polar surface area (TPSA) is 49.9 Å². The first kappa shape index (κ1) is 17.5. The number of ether oxygens (including phenoxy) is 1. The molecule has 0 N–H and O–H groups in total. The van der Waals surface area contributed by atoms with Gasteiger partial charge in [-0.2, -0.15) is 0 Å². The number of nitrogens with zero attached hydrogens (tertiary/aromatic N) is 2. The number of hydrogen-bond acceptors (Lipinski definition) is 3. The summed E-state index contributed by atoms with van der Waals surface area (Å²) in [5, 5.41) is 0. The zero-order chi connectivity index (χ0) is 18.0. The summed E-state index contributed by atoms with van der Waals surface area (Å²) in [5.41, 5.74) is 1.40. The number of carbonyl (C=O) groups excluding carboxylic acids is 2. The SMILES string of the molecule is COc1ccc(N2CCN(C(=O)c3ccc(Br)cc3)[C@H](C)C2=O)cc1. The van der Waals surface area contributed by atoms with Crippen LogP contribution >= 0.6 is 15.9 Å². The first-order valence-electron chi connectivity index (χ1n) is 8.03. The highest BCUT2D eigenvalue weighted by molar-refractivity contribution is 9.10. The Kier molecular flexibility index (Phi) is 5.08. The lowest BCUT2D eigenvalue weighted by atomic mass is 10.1.